The van der Waals surface area contributed by atoms with Crippen LogP contribution in [0.2, 0.25) is 0 Å². The van der Waals surface area contributed by atoms with Crippen LogP contribution in [-0.2, 0) is 9.53 Å². The van der Waals surface area contributed by atoms with Crippen LogP contribution in [0.25, 0.3) is 0 Å². The predicted molar refractivity (Wildman–Crippen MR) is 55.8 cm³/mol. The quantitative estimate of drug-likeness (QED) is 0.665. The molecule has 1 spiro atoms. The molecule has 0 aromatic heterocycles. The summed E-state index contributed by atoms with van der Waals surface area (Å²) in [4.78, 5) is 25.6. The topological polar surface area (TPSA) is 58.6 Å². The van der Waals surface area contributed by atoms with E-state index in [1.807, 2.05) is 0 Å². The Morgan fingerprint density at radius 1 is 1.31 bits per heavy atom. The molecular weight excluding hydrogens is 208 g/mol. The number of carbonyl (C=O) groups excluding carboxylic acids is 2. The molecule has 1 saturated carbocycles. The van der Waals surface area contributed by atoms with Crippen molar-refractivity contribution in [2.75, 3.05) is 13.2 Å². The van der Waals surface area contributed by atoms with E-state index in [9.17, 15) is 9.59 Å². The van der Waals surface area contributed by atoms with Crippen molar-refractivity contribution in [3.05, 3.63) is 0 Å². The normalized spacial score (nSPS) is 35.4. The molecule has 1 atom stereocenters. The summed E-state index contributed by atoms with van der Waals surface area (Å²) in [6.45, 7) is 0.894. The van der Waals surface area contributed by atoms with E-state index >= 15 is 0 Å². The van der Waals surface area contributed by atoms with Gasteiger partial charge in [-0.25, -0.2) is 4.79 Å². The second kappa shape index (κ2) is 3.45. The van der Waals surface area contributed by atoms with Gasteiger partial charge in [-0.1, -0.05) is 12.8 Å². The fourth-order valence-corrected chi connectivity index (χ4v) is 2.97. The van der Waals surface area contributed by atoms with Gasteiger partial charge in [0, 0.05) is 19.1 Å². The highest BCUT2D eigenvalue weighted by Gasteiger charge is 2.55. The van der Waals surface area contributed by atoms with Gasteiger partial charge in [0.1, 0.15) is 5.54 Å². The Balaban J connectivity index is 1.84. The molecule has 2 heterocycles. The van der Waals surface area contributed by atoms with Crippen molar-refractivity contribution in [2.24, 2.45) is 0 Å². The number of nitrogens with zero attached hydrogens (tertiary/aromatic N) is 1. The number of imide groups is 1. The smallest absolute Gasteiger partial charge is 0.325 e. The molecule has 1 aliphatic carbocycles. The van der Waals surface area contributed by atoms with E-state index in [0.717, 1.165) is 25.7 Å². The molecule has 3 rings (SSSR count). The van der Waals surface area contributed by atoms with Crippen LogP contribution < -0.4 is 5.32 Å². The molecule has 2 saturated heterocycles. The highest BCUT2D eigenvalue weighted by molar-refractivity contribution is 6.07. The number of hydrogen-bond acceptors (Lipinski definition) is 3. The van der Waals surface area contributed by atoms with Gasteiger partial charge in [-0.2, -0.15) is 0 Å². The zero-order valence-corrected chi connectivity index (χ0v) is 9.20. The largest absolute Gasteiger partial charge is 0.378 e. The first-order valence-electron chi connectivity index (χ1n) is 5.96. The molecule has 5 nitrogen and oxygen atoms in total. The molecule has 1 N–H and O–H groups in total. The lowest BCUT2D eigenvalue weighted by Gasteiger charge is -2.22. The van der Waals surface area contributed by atoms with E-state index in [1.165, 1.54) is 4.90 Å². The molecule has 88 valence electrons. The van der Waals surface area contributed by atoms with E-state index in [2.05, 4.69) is 5.32 Å². The molecule has 0 aromatic rings. The first-order chi connectivity index (χ1) is 7.73. The summed E-state index contributed by atoms with van der Waals surface area (Å²) in [5.74, 6) is -0.0677. The van der Waals surface area contributed by atoms with E-state index in [1.54, 1.807) is 0 Å². The lowest BCUT2D eigenvalue weighted by molar-refractivity contribution is -0.132. The van der Waals surface area contributed by atoms with Gasteiger partial charge >= 0.3 is 6.03 Å². The Labute approximate surface area is 94.1 Å². The Morgan fingerprint density at radius 3 is 2.69 bits per heavy atom. The van der Waals surface area contributed by atoms with Crippen molar-refractivity contribution in [2.45, 2.75) is 43.7 Å². The minimum absolute atomic E-state index is 0.0677. The number of hydrogen-bond donors (Lipinski definition) is 1. The molecule has 5 heteroatoms. The summed E-state index contributed by atoms with van der Waals surface area (Å²) < 4.78 is 5.25. The van der Waals surface area contributed by atoms with Crippen LogP contribution in [0.5, 0.6) is 0 Å². The lowest BCUT2D eigenvalue weighted by atomic mass is 9.98. The van der Waals surface area contributed by atoms with Crippen molar-refractivity contribution in [3.8, 4) is 0 Å². The van der Waals surface area contributed by atoms with Crippen molar-refractivity contribution >= 4 is 11.9 Å². The van der Waals surface area contributed by atoms with Crippen LogP contribution in [0.4, 0.5) is 4.79 Å². The van der Waals surface area contributed by atoms with Gasteiger partial charge in [-0.3, -0.25) is 9.69 Å². The van der Waals surface area contributed by atoms with Gasteiger partial charge in [0.25, 0.3) is 5.91 Å². The molecule has 0 aromatic carbocycles. The Morgan fingerprint density at radius 2 is 2.06 bits per heavy atom. The maximum Gasteiger partial charge on any atom is 0.325 e. The minimum Gasteiger partial charge on any atom is -0.378 e. The van der Waals surface area contributed by atoms with Gasteiger partial charge in [-0.15, -0.1) is 0 Å². The average Bonchev–Trinajstić information content (AvgIpc) is 2.92. The SMILES string of the molecule is O=C1NC2(CCOC2)C(=O)N1C1CCCC1. The minimum atomic E-state index is -0.736. The summed E-state index contributed by atoms with van der Waals surface area (Å²) in [5.41, 5.74) is -0.736. The number of urea groups is 1. The van der Waals surface area contributed by atoms with Gasteiger partial charge < -0.3 is 10.1 Å². The molecule has 1 unspecified atom stereocenters. The molecule has 3 fully saturated rings. The van der Waals surface area contributed by atoms with Crippen molar-refractivity contribution in [1.82, 2.24) is 10.2 Å². The third kappa shape index (κ3) is 1.27. The van der Waals surface area contributed by atoms with Crippen LogP contribution in [0.15, 0.2) is 0 Å². The molecule has 2 aliphatic heterocycles. The maximum absolute atomic E-state index is 12.3. The summed E-state index contributed by atoms with van der Waals surface area (Å²) in [6.07, 6.45) is 4.75. The van der Waals surface area contributed by atoms with Crippen LogP contribution in [0.1, 0.15) is 32.1 Å². The molecule has 3 amide bonds. The van der Waals surface area contributed by atoms with Crippen LogP contribution >= 0.6 is 0 Å². The number of ether oxygens (including phenoxy) is 1. The highest BCUT2D eigenvalue weighted by atomic mass is 16.5. The van der Waals surface area contributed by atoms with Gasteiger partial charge in [-0.05, 0) is 12.8 Å². The summed E-state index contributed by atoms with van der Waals surface area (Å²) in [6, 6.07) is -0.102. The average molecular weight is 224 g/mol. The standard InChI is InChI=1S/C11H16N2O3/c14-9-11(5-6-16-7-11)12-10(15)13(9)8-3-1-2-4-8/h8H,1-7H2,(H,12,15). The van der Waals surface area contributed by atoms with Crippen LogP contribution in [0, 0.1) is 0 Å². The number of rotatable bonds is 1. The summed E-state index contributed by atoms with van der Waals surface area (Å²) >= 11 is 0. The molecule has 0 bridgehead atoms. The third-order valence-electron chi connectivity index (χ3n) is 3.90. The van der Waals surface area contributed by atoms with E-state index in [-0.39, 0.29) is 18.0 Å². The van der Waals surface area contributed by atoms with E-state index < -0.39 is 5.54 Å². The van der Waals surface area contributed by atoms with Gasteiger partial charge in [0.2, 0.25) is 0 Å². The fourth-order valence-electron chi connectivity index (χ4n) is 2.97. The number of amides is 3. The first kappa shape index (κ1) is 10.1. The summed E-state index contributed by atoms with van der Waals surface area (Å²) in [5, 5.41) is 2.82. The fraction of sp³-hybridized carbons (Fsp3) is 0.818. The van der Waals surface area contributed by atoms with E-state index in [0.29, 0.717) is 19.6 Å². The highest BCUT2D eigenvalue weighted by Crippen LogP contribution is 2.32. The van der Waals surface area contributed by atoms with Crippen molar-refractivity contribution in [1.29, 1.82) is 0 Å². The van der Waals surface area contributed by atoms with E-state index in [4.69, 9.17) is 4.74 Å². The zero-order valence-electron chi connectivity index (χ0n) is 9.20. The van der Waals surface area contributed by atoms with Gasteiger partial charge in [0.15, 0.2) is 0 Å². The first-order valence-corrected chi connectivity index (χ1v) is 5.96. The van der Waals surface area contributed by atoms with Crippen molar-refractivity contribution in [3.63, 3.8) is 0 Å². The second-order valence-corrected chi connectivity index (χ2v) is 4.93. The molecule has 3 aliphatic rings. The molecule has 0 radical (unpaired) electrons. The lowest BCUT2D eigenvalue weighted by Crippen LogP contribution is -2.48. The summed E-state index contributed by atoms with van der Waals surface area (Å²) in [7, 11) is 0. The Bertz CT molecular complexity index is 330. The van der Waals surface area contributed by atoms with Gasteiger partial charge in [0.05, 0.1) is 6.61 Å². The van der Waals surface area contributed by atoms with Crippen LogP contribution in [0.3, 0.4) is 0 Å². The van der Waals surface area contributed by atoms with Crippen molar-refractivity contribution < 1.29 is 14.3 Å². The Kier molecular flexibility index (Phi) is 2.17. The maximum atomic E-state index is 12.3. The number of carbonyl (C=O) groups is 2. The predicted octanol–water partition coefficient (Wildman–Crippen LogP) is 0.640. The third-order valence-corrected chi connectivity index (χ3v) is 3.90. The van der Waals surface area contributed by atoms with Crippen LogP contribution in [-0.4, -0.2) is 41.6 Å². The zero-order chi connectivity index (χ0) is 11.2. The monoisotopic (exact) mass is 224 g/mol. The number of nitrogens with one attached hydrogen (secondary N) is 1. The second-order valence-electron chi connectivity index (χ2n) is 4.93. The molecule has 16 heavy (non-hydrogen) atoms. The Hall–Kier alpha value is -1.10. The molecular formula is C11H16N2O3.